The molecule has 1 aromatic rings. The van der Waals surface area contributed by atoms with E-state index in [1.807, 2.05) is 32.0 Å². The lowest BCUT2D eigenvalue weighted by atomic mass is 10.1. The first-order valence-electron chi connectivity index (χ1n) is 7.42. The van der Waals surface area contributed by atoms with Crippen molar-refractivity contribution in [3.8, 4) is 0 Å². The van der Waals surface area contributed by atoms with E-state index >= 15 is 0 Å². The Balaban J connectivity index is 2.53. The fourth-order valence-electron chi connectivity index (χ4n) is 1.73. The molecule has 21 heavy (non-hydrogen) atoms. The summed E-state index contributed by atoms with van der Waals surface area (Å²) in [5, 5.41) is 8.63. The van der Waals surface area contributed by atoms with Gasteiger partial charge in [-0.3, -0.25) is 9.59 Å². The zero-order valence-corrected chi connectivity index (χ0v) is 13.0. The molecule has 0 aliphatic carbocycles. The maximum Gasteiger partial charge on any atom is 0.253 e. The highest BCUT2D eigenvalue weighted by molar-refractivity contribution is 6.01. The third-order valence-electron chi connectivity index (χ3n) is 2.85. The molecule has 5 heteroatoms. The first-order chi connectivity index (χ1) is 10.0. The molecule has 1 rings (SSSR count). The van der Waals surface area contributed by atoms with Crippen molar-refractivity contribution in [2.45, 2.75) is 27.2 Å². The van der Waals surface area contributed by atoms with Crippen molar-refractivity contribution in [3.63, 3.8) is 0 Å². The first-order valence-corrected chi connectivity index (χ1v) is 7.42. The molecule has 116 valence electrons. The molecule has 0 aromatic heterocycles. The van der Waals surface area contributed by atoms with Gasteiger partial charge in [-0.1, -0.05) is 32.9 Å². The average molecular weight is 291 g/mol. The van der Waals surface area contributed by atoms with Crippen LogP contribution in [0.5, 0.6) is 0 Å². The number of rotatable bonds is 8. The Kier molecular flexibility index (Phi) is 7.29. The lowest BCUT2D eigenvalue weighted by Crippen LogP contribution is -2.38. The molecular formula is C16H25N3O2. The maximum absolute atomic E-state index is 12.1. The number of carbonyl (C=O) groups excluding carboxylic acids is 2. The number of nitrogens with one attached hydrogen (secondary N) is 3. The van der Waals surface area contributed by atoms with Crippen LogP contribution in [0.25, 0.3) is 0 Å². The Labute approximate surface area is 126 Å². The molecule has 0 aliphatic rings. The molecule has 0 unspecified atom stereocenters. The number of para-hydroxylation sites is 1. The lowest BCUT2D eigenvalue weighted by Gasteiger charge is -2.12. The van der Waals surface area contributed by atoms with Crippen molar-refractivity contribution < 1.29 is 9.59 Å². The van der Waals surface area contributed by atoms with Crippen LogP contribution in [0.15, 0.2) is 24.3 Å². The first kappa shape index (κ1) is 17.0. The summed E-state index contributed by atoms with van der Waals surface area (Å²) in [5.41, 5.74) is 1.35. The Bertz CT molecular complexity index is 472. The summed E-state index contributed by atoms with van der Waals surface area (Å²) in [6.45, 7) is 7.52. The van der Waals surface area contributed by atoms with Crippen molar-refractivity contribution in [2.24, 2.45) is 5.92 Å². The zero-order valence-electron chi connectivity index (χ0n) is 13.0. The van der Waals surface area contributed by atoms with Crippen molar-refractivity contribution in [1.82, 2.24) is 10.6 Å². The summed E-state index contributed by atoms with van der Waals surface area (Å²) in [6, 6.07) is 7.30. The second-order valence-corrected chi connectivity index (χ2v) is 5.35. The standard InChI is InChI=1S/C16H25N3O2/c1-4-9-17-14-8-6-5-7-13(14)16(21)19-11-15(20)18-10-12(2)3/h5-8,12,17H,4,9-11H2,1-3H3,(H,18,20)(H,19,21). The predicted molar refractivity (Wildman–Crippen MR) is 85.4 cm³/mol. The van der Waals surface area contributed by atoms with Gasteiger partial charge in [0, 0.05) is 18.8 Å². The van der Waals surface area contributed by atoms with Gasteiger partial charge in [0.2, 0.25) is 5.91 Å². The highest BCUT2D eigenvalue weighted by atomic mass is 16.2. The topological polar surface area (TPSA) is 70.2 Å². The van der Waals surface area contributed by atoms with E-state index in [-0.39, 0.29) is 18.4 Å². The van der Waals surface area contributed by atoms with Gasteiger partial charge in [0.15, 0.2) is 0 Å². The SMILES string of the molecule is CCCNc1ccccc1C(=O)NCC(=O)NCC(C)C. The van der Waals surface area contributed by atoms with E-state index in [1.165, 1.54) is 0 Å². The largest absolute Gasteiger partial charge is 0.384 e. The van der Waals surface area contributed by atoms with E-state index < -0.39 is 0 Å². The van der Waals surface area contributed by atoms with E-state index in [0.29, 0.717) is 18.0 Å². The molecule has 2 amide bonds. The number of anilines is 1. The zero-order chi connectivity index (χ0) is 15.7. The highest BCUT2D eigenvalue weighted by Gasteiger charge is 2.11. The monoisotopic (exact) mass is 291 g/mol. The van der Waals surface area contributed by atoms with Crippen LogP contribution in [0.4, 0.5) is 5.69 Å². The maximum atomic E-state index is 12.1. The summed E-state index contributed by atoms with van der Waals surface area (Å²) >= 11 is 0. The fraction of sp³-hybridized carbons (Fsp3) is 0.500. The number of hydrogen-bond acceptors (Lipinski definition) is 3. The second-order valence-electron chi connectivity index (χ2n) is 5.35. The minimum Gasteiger partial charge on any atom is -0.384 e. The van der Waals surface area contributed by atoms with Gasteiger partial charge in [0.25, 0.3) is 5.91 Å². The molecule has 5 nitrogen and oxygen atoms in total. The van der Waals surface area contributed by atoms with Gasteiger partial charge < -0.3 is 16.0 Å². The summed E-state index contributed by atoms with van der Waals surface area (Å²) < 4.78 is 0. The van der Waals surface area contributed by atoms with Crippen LogP contribution >= 0.6 is 0 Å². The van der Waals surface area contributed by atoms with E-state index in [9.17, 15) is 9.59 Å². The highest BCUT2D eigenvalue weighted by Crippen LogP contribution is 2.14. The number of hydrogen-bond donors (Lipinski definition) is 3. The number of carbonyl (C=O) groups is 2. The Morgan fingerprint density at radius 1 is 1.14 bits per heavy atom. The summed E-state index contributed by atoms with van der Waals surface area (Å²) in [4.78, 5) is 23.7. The quantitative estimate of drug-likeness (QED) is 0.686. The molecule has 0 aliphatic heterocycles. The number of benzene rings is 1. The van der Waals surface area contributed by atoms with Gasteiger partial charge in [-0.15, -0.1) is 0 Å². The van der Waals surface area contributed by atoms with Crippen molar-refractivity contribution in [3.05, 3.63) is 29.8 Å². The van der Waals surface area contributed by atoms with Crippen LogP contribution in [-0.4, -0.2) is 31.4 Å². The molecule has 0 saturated carbocycles. The van der Waals surface area contributed by atoms with E-state index in [0.717, 1.165) is 18.7 Å². The van der Waals surface area contributed by atoms with Crippen LogP contribution < -0.4 is 16.0 Å². The van der Waals surface area contributed by atoms with Crippen molar-refractivity contribution >= 4 is 17.5 Å². The molecule has 0 bridgehead atoms. The molecular weight excluding hydrogens is 266 g/mol. The number of amides is 2. The molecule has 0 spiro atoms. The smallest absolute Gasteiger partial charge is 0.253 e. The lowest BCUT2D eigenvalue weighted by molar-refractivity contribution is -0.120. The molecule has 0 atom stereocenters. The van der Waals surface area contributed by atoms with Crippen LogP contribution in [0.2, 0.25) is 0 Å². The van der Waals surface area contributed by atoms with E-state index in [1.54, 1.807) is 6.07 Å². The van der Waals surface area contributed by atoms with E-state index in [2.05, 4.69) is 22.9 Å². The van der Waals surface area contributed by atoms with Gasteiger partial charge in [0.05, 0.1) is 12.1 Å². The minimum atomic E-state index is -0.242. The molecule has 3 N–H and O–H groups in total. The second kappa shape index (κ2) is 9.00. The van der Waals surface area contributed by atoms with Gasteiger partial charge in [-0.05, 0) is 24.5 Å². The van der Waals surface area contributed by atoms with Crippen LogP contribution in [-0.2, 0) is 4.79 Å². The molecule has 0 saturated heterocycles. The van der Waals surface area contributed by atoms with Crippen LogP contribution in [0, 0.1) is 5.92 Å². The summed E-state index contributed by atoms with van der Waals surface area (Å²) in [6.07, 6.45) is 0.980. The Morgan fingerprint density at radius 2 is 1.86 bits per heavy atom. The average Bonchev–Trinajstić information content (AvgIpc) is 2.48. The Hall–Kier alpha value is -2.04. The summed E-state index contributed by atoms with van der Waals surface area (Å²) in [5.74, 6) is -0.0198. The van der Waals surface area contributed by atoms with Gasteiger partial charge >= 0.3 is 0 Å². The third kappa shape index (κ3) is 6.29. The predicted octanol–water partition coefficient (Wildman–Crippen LogP) is 2.01. The fourth-order valence-corrected chi connectivity index (χ4v) is 1.73. The van der Waals surface area contributed by atoms with Gasteiger partial charge in [-0.25, -0.2) is 0 Å². The van der Waals surface area contributed by atoms with Crippen molar-refractivity contribution in [2.75, 3.05) is 25.0 Å². The minimum absolute atomic E-state index is 0.00628. The van der Waals surface area contributed by atoms with Crippen LogP contribution in [0.1, 0.15) is 37.6 Å². The molecule has 0 fully saturated rings. The third-order valence-corrected chi connectivity index (χ3v) is 2.85. The molecule has 0 radical (unpaired) electrons. The van der Waals surface area contributed by atoms with Gasteiger partial charge in [0.1, 0.15) is 0 Å². The molecule has 0 heterocycles. The normalized spacial score (nSPS) is 10.3. The van der Waals surface area contributed by atoms with E-state index in [4.69, 9.17) is 0 Å². The Morgan fingerprint density at radius 3 is 2.52 bits per heavy atom. The van der Waals surface area contributed by atoms with Crippen LogP contribution in [0.3, 0.4) is 0 Å². The molecule has 1 aromatic carbocycles. The van der Waals surface area contributed by atoms with Crippen molar-refractivity contribution in [1.29, 1.82) is 0 Å². The summed E-state index contributed by atoms with van der Waals surface area (Å²) in [7, 11) is 0. The van der Waals surface area contributed by atoms with Gasteiger partial charge in [-0.2, -0.15) is 0 Å².